The third kappa shape index (κ3) is 2.82. The molecule has 0 saturated heterocycles. The molecule has 1 N–H and O–H groups in total. The third-order valence-corrected chi connectivity index (χ3v) is 4.80. The Morgan fingerprint density at radius 2 is 2.21 bits per heavy atom. The SMILES string of the molecule is Cc1cc(-c2cnc(NCc3cccc4c3OCO4)n3cc(C#N)nc23)n(C)n1. The number of nitrogens with one attached hydrogen (secondary N) is 1. The summed E-state index contributed by atoms with van der Waals surface area (Å²) in [6, 6.07) is 9.84. The van der Waals surface area contributed by atoms with Crippen molar-refractivity contribution in [3.8, 4) is 28.8 Å². The van der Waals surface area contributed by atoms with Gasteiger partial charge in [0.05, 0.1) is 23.1 Å². The Hall–Kier alpha value is -4.06. The Bertz CT molecular complexity index is 1280. The van der Waals surface area contributed by atoms with Crippen molar-refractivity contribution in [3.05, 3.63) is 53.6 Å². The van der Waals surface area contributed by atoms with Crippen LogP contribution < -0.4 is 14.8 Å². The number of anilines is 1. The number of para-hydroxylation sites is 1. The number of rotatable bonds is 4. The van der Waals surface area contributed by atoms with Gasteiger partial charge in [0.15, 0.2) is 22.8 Å². The normalized spacial score (nSPS) is 12.3. The first kappa shape index (κ1) is 17.1. The van der Waals surface area contributed by atoms with Gasteiger partial charge in [-0.2, -0.15) is 10.4 Å². The highest BCUT2D eigenvalue weighted by molar-refractivity contribution is 5.76. The van der Waals surface area contributed by atoms with Gasteiger partial charge >= 0.3 is 0 Å². The van der Waals surface area contributed by atoms with Crippen LogP contribution in [0.4, 0.5) is 5.95 Å². The predicted octanol–water partition coefficient (Wildman–Crippen LogP) is 2.65. The molecule has 0 atom stereocenters. The van der Waals surface area contributed by atoms with E-state index in [2.05, 4.69) is 26.5 Å². The smallest absolute Gasteiger partial charge is 0.231 e. The van der Waals surface area contributed by atoms with Gasteiger partial charge in [0.25, 0.3) is 0 Å². The molecule has 0 saturated carbocycles. The molecule has 0 radical (unpaired) electrons. The minimum atomic E-state index is 0.223. The summed E-state index contributed by atoms with van der Waals surface area (Å²) < 4.78 is 14.6. The Kier molecular flexibility index (Phi) is 3.84. The van der Waals surface area contributed by atoms with Gasteiger partial charge in [0, 0.05) is 25.4 Å². The Labute approximate surface area is 166 Å². The number of aromatic nitrogens is 5. The van der Waals surface area contributed by atoms with Crippen molar-refractivity contribution in [1.29, 1.82) is 5.26 Å². The van der Waals surface area contributed by atoms with Gasteiger partial charge in [-0.1, -0.05) is 12.1 Å². The summed E-state index contributed by atoms with van der Waals surface area (Å²) in [7, 11) is 1.87. The van der Waals surface area contributed by atoms with E-state index in [1.54, 1.807) is 21.5 Å². The van der Waals surface area contributed by atoms with Crippen molar-refractivity contribution in [2.24, 2.45) is 7.05 Å². The zero-order chi connectivity index (χ0) is 20.0. The number of fused-ring (bicyclic) bond motifs is 2. The summed E-state index contributed by atoms with van der Waals surface area (Å²) in [5, 5.41) is 17.1. The molecule has 3 aromatic heterocycles. The summed E-state index contributed by atoms with van der Waals surface area (Å²) in [6.45, 7) is 2.64. The maximum absolute atomic E-state index is 9.35. The van der Waals surface area contributed by atoms with Gasteiger partial charge in [-0.25, -0.2) is 9.97 Å². The molecule has 9 nitrogen and oxygen atoms in total. The number of aryl methyl sites for hydroxylation is 2. The van der Waals surface area contributed by atoms with Crippen LogP contribution in [0.2, 0.25) is 0 Å². The standard InChI is InChI=1S/C20H17N7O2/c1-12-6-16(26(2)25-12)15-9-23-20(27-10-14(7-21)24-19(15)27)22-8-13-4-3-5-17-18(13)29-11-28-17/h3-6,9-10H,8,11H2,1-2H3,(H,22,23). The van der Waals surface area contributed by atoms with E-state index in [9.17, 15) is 5.26 Å². The van der Waals surface area contributed by atoms with Crippen LogP contribution in [0.15, 0.2) is 36.7 Å². The second-order valence-electron chi connectivity index (χ2n) is 6.73. The quantitative estimate of drug-likeness (QED) is 0.574. The minimum absolute atomic E-state index is 0.223. The van der Waals surface area contributed by atoms with E-state index in [-0.39, 0.29) is 6.79 Å². The fourth-order valence-corrected chi connectivity index (χ4v) is 3.51. The molecule has 29 heavy (non-hydrogen) atoms. The highest BCUT2D eigenvalue weighted by Crippen LogP contribution is 2.35. The third-order valence-electron chi connectivity index (χ3n) is 4.80. The molecule has 0 aliphatic carbocycles. The lowest BCUT2D eigenvalue weighted by Crippen LogP contribution is -2.08. The van der Waals surface area contributed by atoms with Gasteiger partial charge in [0.1, 0.15) is 6.07 Å². The first-order chi connectivity index (χ1) is 14.1. The van der Waals surface area contributed by atoms with Gasteiger partial charge in [-0.3, -0.25) is 9.08 Å². The van der Waals surface area contributed by atoms with Crippen molar-refractivity contribution >= 4 is 11.6 Å². The molecule has 5 rings (SSSR count). The predicted molar refractivity (Wildman–Crippen MR) is 105 cm³/mol. The average molecular weight is 387 g/mol. The molecular weight excluding hydrogens is 370 g/mol. The Morgan fingerprint density at radius 3 is 3.00 bits per heavy atom. The molecule has 4 heterocycles. The topological polar surface area (TPSA) is 102 Å². The lowest BCUT2D eigenvalue weighted by Gasteiger charge is -2.11. The largest absolute Gasteiger partial charge is 0.454 e. The number of ether oxygens (including phenoxy) is 2. The molecule has 1 aliphatic heterocycles. The van der Waals surface area contributed by atoms with Crippen molar-refractivity contribution in [2.45, 2.75) is 13.5 Å². The van der Waals surface area contributed by atoms with E-state index in [1.165, 1.54) is 0 Å². The molecular formula is C20H17N7O2. The highest BCUT2D eigenvalue weighted by Gasteiger charge is 2.19. The lowest BCUT2D eigenvalue weighted by molar-refractivity contribution is 0.173. The summed E-state index contributed by atoms with van der Waals surface area (Å²) in [5.74, 6) is 2.05. The minimum Gasteiger partial charge on any atom is -0.454 e. The van der Waals surface area contributed by atoms with E-state index < -0.39 is 0 Å². The van der Waals surface area contributed by atoms with Gasteiger partial charge in [0.2, 0.25) is 12.7 Å². The summed E-state index contributed by atoms with van der Waals surface area (Å²) >= 11 is 0. The van der Waals surface area contributed by atoms with Gasteiger partial charge in [-0.15, -0.1) is 0 Å². The molecule has 144 valence electrons. The van der Waals surface area contributed by atoms with E-state index >= 15 is 0 Å². The molecule has 0 unspecified atom stereocenters. The number of benzene rings is 1. The van der Waals surface area contributed by atoms with Crippen LogP contribution >= 0.6 is 0 Å². The van der Waals surface area contributed by atoms with E-state index in [0.717, 1.165) is 34.0 Å². The van der Waals surface area contributed by atoms with Crippen LogP contribution in [0.1, 0.15) is 17.0 Å². The van der Waals surface area contributed by atoms with Crippen molar-refractivity contribution in [2.75, 3.05) is 12.1 Å². The molecule has 9 heteroatoms. The first-order valence-corrected chi connectivity index (χ1v) is 9.04. The van der Waals surface area contributed by atoms with E-state index in [1.807, 2.05) is 38.2 Å². The van der Waals surface area contributed by atoms with Crippen molar-refractivity contribution < 1.29 is 9.47 Å². The molecule has 0 spiro atoms. The maximum Gasteiger partial charge on any atom is 0.231 e. The summed E-state index contributed by atoms with van der Waals surface area (Å²) in [5.41, 5.74) is 4.50. The number of hydrogen-bond acceptors (Lipinski definition) is 7. The second-order valence-corrected chi connectivity index (χ2v) is 6.73. The lowest BCUT2D eigenvalue weighted by atomic mass is 10.2. The summed E-state index contributed by atoms with van der Waals surface area (Å²) in [4.78, 5) is 9.05. The molecule has 0 bridgehead atoms. The molecule has 0 fully saturated rings. The Morgan fingerprint density at radius 1 is 1.31 bits per heavy atom. The van der Waals surface area contributed by atoms with Crippen LogP contribution in [0, 0.1) is 18.3 Å². The number of nitrogens with zero attached hydrogens (tertiary/aromatic N) is 6. The van der Waals surface area contributed by atoms with Crippen molar-refractivity contribution in [1.82, 2.24) is 24.1 Å². The van der Waals surface area contributed by atoms with Crippen LogP contribution in [-0.2, 0) is 13.6 Å². The molecule has 1 aromatic carbocycles. The first-order valence-electron chi connectivity index (χ1n) is 9.04. The monoisotopic (exact) mass is 387 g/mol. The van der Waals surface area contributed by atoms with Gasteiger partial charge < -0.3 is 14.8 Å². The molecule has 4 aromatic rings. The van der Waals surface area contributed by atoms with Crippen LogP contribution in [0.5, 0.6) is 11.5 Å². The van der Waals surface area contributed by atoms with Gasteiger partial charge in [-0.05, 0) is 19.1 Å². The zero-order valence-corrected chi connectivity index (χ0v) is 15.9. The molecule has 1 aliphatic rings. The van der Waals surface area contributed by atoms with Crippen LogP contribution in [0.3, 0.4) is 0 Å². The zero-order valence-electron chi connectivity index (χ0n) is 15.9. The number of hydrogen-bond donors (Lipinski definition) is 1. The Balaban J connectivity index is 1.55. The number of imidazole rings is 1. The average Bonchev–Trinajstić information content (AvgIpc) is 3.44. The number of nitriles is 1. The highest BCUT2D eigenvalue weighted by atomic mass is 16.7. The van der Waals surface area contributed by atoms with E-state index in [0.29, 0.717) is 23.8 Å². The fraction of sp³-hybridized carbons (Fsp3) is 0.200. The van der Waals surface area contributed by atoms with E-state index in [4.69, 9.17) is 9.47 Å². The van der Waals surface area contributed by atoms with Crippen LogP contribution in [-0.4, -0.2) is 30.9 Å². The summed E-state index contributed by atoms with van der Waals surface area (Å²) in [6.07, 6.45) is 3.42. The maximum atomic E-state index is 9.35. The van der Waals surface area contributed by atoms with Crippen molar-refractivity contribution in [3.63, 3.8) is 0 Å². The fourth-order valence-electron chi connectivity index (χ4n) is 3.51. The molecule has 0 amide bonds. The van der Waals surface area contributed by atoms with Crippen LogP contribution in [0.25, 0.3) is 16.9 Å². The second kappa shape index (κ2) is 6.53.